The van der Waals surface area contributed by atoms with Crippen LogP contribution in [0.25, 0.3) is 10.2 Å². The number of rotatable bonds is 8. The number of amides is 2. The molecule has 0 fully saturated rings. The van der Waals surface area contributed by atoms with E-state index >= 15 is 0 Å². The Labute approximate surface area is 172 Å². The van der Waals surface area contributed by atoms with E-state index in [0.717, 1.165) is 38.8 Å². The largest absolute Gasteiger partial charge is 0.326 e. The molecule has 1 heterocycles. The van der Waals surface area contributed by atoms with Gasteiger partial charge in [0.15, 0.2) is 4.34 Å². The predicted octanol–water partition coefficient (Wildman–Crippen LogP) is 5.40. The lowest BCUT2D eigenvalue weighted by Gasteiger charge is -2.12. The van der Waals surface area contributed by atoms with Crippen LogP contribution in [0.5, 0.6) is 0 Å². The van der Waals surface area contributed by atoms with E-state index in [1.54, 1.807) is 0 Å². The molecular formula is C21H23N3O2S2. The lowest BCUT2D eigenvalue weighted by Crippen LogP contribution is -2.21. The quantitative estimate of drug-likeness (QED) is 0.485. The van der Waals surface area contributed by atoms with Gasteiger partial charge in [-0.2, -0.15) is 0 Å². The van der Waals surface area contributed by atoms with Crippen LogP contribution < -0.4 is 10.6 Å². The number of para-hydroxylation sites is 1. The van der Waals surface area contributed by atoms with E-state index in [1.807, 2.05) is 62.4 Å². The standard InChI is InChI=1S/C21H23N3O2S2/c1-3-14(4-2)20(26)23-16-10-11-17-18(12-16)28-21(24-17)27-13-19(25)22-15-8-6-5-7-9-15/h5-12,14H,3-4,13H2,1-2H3,(H,22,25)(H,23,26). The summed E-state index contributed by atoms with van der Waals surface area (Å²) in [4.78, 5) is 28.9. The number of benzene rings is 2. The number of hydrogen-bond acceptors (Lipinski definition) is 5. The van der Waals surface area contributed by atoms with Crippen molar-refractivity contribution >= 4 is 56.5 Å². The van der Waals surface area contributed by atoms with Crippen molar-refractivity contribution in [3.8, 4) is 0 Å². The molecule has 2 amide bonds. The molecule has 146 valence electrons. The molecule has 0 aliphatic heterocycles. The van der Waals surface area contributed by atoms with Crippen LogP contribution in [0.3, 0.4) is 0 Å². The van der Waals surface area contributed by atoms with Gasteiger partial charge in [-0.1, -0.05) is 43.8 Å². The van der Waals surface area contributed by atoms with Crippen molar-refractivity contribution in [2.75, 3.05) is 16.4 Å². The summed E-state index contributed by atoms with van der Waals surface area (Å²) in [5.41, 5.74) is 2.44. The van der Waals surface area contributed by atoms with Gasteiger partial charge in [0, 0.05) is 17.3 Å². The number of fused-ring (bicyclic) bond motifs is 1. The van der Waals surface area contributed by atoms with Gasteiger partial charge in [-0.25, -0.2) is 4.98 Å². The van der Waals surface area contributed by atoms with Crippen LogP contribution in [-0.2, 0) is 9.59 Å². The second kappa shape index (κ2) is 9.71. The molecule has 2 aromatic carbocycles. The van der Waals surface area contributed by atoms with Crippen molar-refractivity contribution in [2.24, 2.45) is 5.92 Å². The minimum atomic E-state index is -0.0615. The molecule has 2 N–H and O–H groups in total. The molecule has 0 aliphatic rings. The van der Waals surface area contributed by atoms with Gasteiger partial charge in [0.2, 0.25) is 11.8 Å². The lowest BCUT2D eigenvalue weighted by molar-refractivity contribution is -0.120. The van der Waals surface area contributed by atoms with Gasteiger partial charge in [0.1, 0.15) is 0 Å². The third kappa shape index (κ3) is 5.33. The molecule has 0 spiro atoms. The molecular weight excluding hydrogens is 390 g/mol. The Balaban J connectivity index is 1.61. The van der Waals surface area contributed by atoms with Crippen molar-refractivity contribution in [1.82, 2.24) is 4.98 Å². The molecule has 28 heavy (non-hydrogen) atoms. The smallest absolute Gasteiger partial charge is 0.234 e. The molecule has 1 aromatic heterocycles. The molecule has 3 aromatic rings. The van der Waals surface area contributed by atoms with E-state index in [2.05, 4.69) is 15.6 Å². The van der Waals surface area contributed by atoms with E-state index in [0.29, 0.717) is 5.75 Å². The van der Waals surface area contributed by atoms with Crippen molar-refractivity contribution in [1.29, 1.82) is 0 Å². The molecule has 0 radical (unpaired) electrons. The zero-order valence-corrected chi connectivity index (χ0v) is 17.5. The van der Waals surface area contributed by atoms with Crippen LogP contribution >= 0.6 is 23.1 Å². The van der Waals surface area contributed by atoms with Gasteiger partial charge in [-0.05, 0) is 43.2 Å². The maximum Gasteiger partial charge on any atom is 0.234 e. The lowest BCUT2D eigenvalue weighted by atomic mass is 10.0. The molecule has 0 atom stereocenters. The molecule has 0 unspecified atom stereocenters. The highest BCUT2D eigenvalue weighted by molar-refractivity contribution is 8.01. The van der Waals surface area contributed by atoms with Gasteiger partial charge in [0.05, 0.1) is 16.0 Å². The first-order valence-corrected chi connectivity index (χ1v) is 11.1. The molecule has 3 rings (SSSR count). The topological polar surface area (TPSA) is 71.1 Å². The summed E-state index contributed by atoms with van der Waals surface area (Å²) in [7, 11) is 0. The Kier molecular flexibility index (Phi) is 7.06. The van der Waals surface area contributed by atoms with Crippen LogP contribution in [0.15, 0.2) is 52.9 Å². The van der Waals surface area contributed by atoms with Crippen LogP contribution in [0, 0.1) is 5.92 Å². The zero-order valence-electron chi connectivity index (χ0n) is 15.9. The highest BCUT2D eigenvalue weighted by atomic mass is 32.2. The van der Waals surface area contributed by atoms with E-state index < -0.39 is 0 Å². The van der Waals surface area contributed by atoms with Gasteiger partial charge in [-0.15, -0.1) is 11.3 Å². The average molecular weight is 414 g/mol. The molecule has 0 aliphatic carbocycles. The first kappa shape index (κ1) is 20.4. The van der Waals surface area contributed by atoms with Crippen molar-refractivity contribution < 1.29 is 9.59 Å². The fourth-order valence-electron chi connectivity index (χ4n) is 2.79. The summed E-state index contributed by atoms with van der Waals surface area (Å²) >= 11 is 2.94. The van der Waals surface area contributed by atoms with Crippen molar-refractivity contribution in [2.45, 2.75) is 31.0 Å². The number of thiazole rings is 1. The first-order valence-electron chi connectivity index (χ1n) is 9.28. The third-order valence-electron chi connectivity index (χ3n) is 4.38. The Hall–Kier alpha value is -2.38. The van der Waals surface area contributed by atoms with E-state index in [1.165, 1.54) is 23.1 Å². The van der Waals surface area contributed by atoms with Gasteiger partial charge < -0.3 is 10.6 Å². The van der Waals surface area contributed by atoms with Gasteiger partial charge in [0.25, 0.3) is 0 Å². The van der Waals surface area contributed by atoms with Crippen LogP contribution in [0.1, 0.15) is 26.7 Å². The first-order chi connectivity index (χ1) is 13.6. The number of anilines is 2. The highest BCUT2D eigenvalue weighted by Crippen LogP contribution is 2.31. The maximum atomic E-state index is 12.3. The summed E-state index contributed by atoms with van der Waals surface area (Å²) < 4.78 is 1.83. The minimum absolute atomic E-state index is 0.0337. The van der Waals surface area contributed by atoms with Crippen molar-refractivity contribution in [3.05, 3.63) is 48.5 Å². The fraction of sp³-hybridized carbons (Fsp3) is 0.286. The van der Waals surface area contributed by atoms with Gasteiger partial charge in [-0.3, -0.25) is 9.59 Å². The molecule has 7 heteroatoms. The van der Waals surface area contributed by atoms with E-state index in [4.69, 9.17) is 0 Å². The summed E-state index contributed by atoms with van der Waals surface area (Å²) in [5.74, 6) is 0.327. The number of thioether (sulfide) groups is 1. The summed E-state index contributed by atoms with van der Waals surface area (Å²) in [5, 5.41) is 5.86. The third-order valence-corrected chi connectivity index (χ3v) is 6.54. The molecule has 0 saturated heterocycles. The van der Waals surface area contributed by atoms with Crippen molar-refractivity contribution in [3.63, 3.8) is 0 Å². The summed E-state index contributed by atoms with van der Waals surface area (Å²) in [6.07, 6.45) is 1.66. The second-order valence-electron chi connectivity index (χ2n) is 6.37. The Morgan fingerprint density at radius 2 is 1.79 bits per heavy atom. The number of aromatic nitrogens is 1. The normalized spacial score (nSPS) is 11.0. The van der Waals surface area contributed by atoms with Crippen LogP contribution in [-0.4, -0.2) is 22.6 Å². The van der Waals surface area contributed by atoms with Crippen LogP contribution in [0.4, 0.5) is 11.4 Å². The number of nitrogens with zero attached hydrogens (tertiary/aromatic N) is 1. The minimum Gasteiger partial charge on any atom is -0.326 e. The number of carbonyl (C=O) groups excluding carboxylic acids is 2. The van der Waals surface area contributed by atoms with Gasteiger partial charge >= 0.3 is 0 Å². The molecule has 5 nitrogen and oxygen atoms in total. The zero-order chi connectivity index (χ0) is 19.9. The number of nitrogens with one attached hydrogen (secondary N) is 2. The number of carbonyl (C=O) groups is 2. The average Bonchev–Trinajstić information content (AvgIpc) is 3.10. The predicted molar refractivity (Wildman–Crippen MR) is 118 cm³/mol. The summed E-state index contributed by atoms with van der Waals surface area (Å²) in [6, 6.07) is 15.1. The Bertz CT molecular complexity index is 953. The second-order valence-corrected chi connectivity index (χ2v) is 8.62. The monoisotopic (exact) mass is 413 g/mol. The molecule has 0 saturated carbocycles. The van der Waals surface area contributed by atoms with Crippen LogP contribution in [0.2, 0.25) is 0 Å². The summed E-state index contributed by atoms with van der Waals surface area (Å²) in [6.45, 7) is 4.05. The van der Waals surface area contributed by atoms with E-state index in [-0.39, 0.29) is 17.7 Å². The SMILES string of the molecule is CCC(CC)C(=O)Nc1ccc2nc(SCC(=O)Nc3ccccc3)sc2c1. The molecule has 0 bridgehead atoms. The highest BCUT2D eigenvalue weighted by Gasteiger charge is 2.15. The van der Waals surface area contributed by atoms with E-state index in [9.17, 15) is 9.59 Å². The maximum absolute atomic E-state index is 12.3. The number of hydrogen-bond donors (Lipinski definition) is 2. The Morgan fingerprint density at radius 1 is 1.04 bits per heavy atom. The fourth-order valence-corrected chi connectivity index (χ4v) is 4.70. The Morgan fingerprint density at radius 3 is 2.50 bits per heavy atom.